The van der Waals surface area contributed by atoms with Crippen LogP contribution in [-0.4, -0.2) is 49.9 Å². The van der Waals surface area contributed by atoms with Gasteiger partial charge < -0.3 is 14.4 Å². The van der Waals surface area contributed by atoms with Gasteiger partial charge >= 0.3 is 5.97 Å². The number of hydrogen-bond acceptors (Lipinski definition) is 5. The van der Waals surface area contributed by atoms with Crippen molar-refractivity contribution in [3.8, 4) is 0 Å². The zero-order chi connectivity index (χ0) is 17.0. The molecule has 0 aliphatic carbocycles. The lowest BCUT2D eigenvalue weighted by Crippen LogP contribution is -2.43. The first-order valence-corrected chi connectivity index (χ1v) is 8.89. The lowest BCUT2D eigenvalue weighted by atomic mass is 9.97. The minimum Gasteiger partial charge on any atom is -0.481 e. The maximum absolute atomic E-state index is 12.6. The first kappa shape index (κ1) is 17.5. The van der Waals surface area contributed by atoms with E-state index in [0.29, 0.717) is 13.0 Å². The summed E-state index contributed by atoms with van der Waals surface area (Å²) in [6.45, 7) is 0.512. The van der Waals surface area contributed by atoms with Crippen LogP contribution < -0.4 is 4.72 Å². The van der Waals surface area contributed by atoms with Crippen molar-refractivity contribution in [2.45, 2.75) is 43.2 Å². The van der Waals surface area contributed by atoms with Crippen molar-refractivity contribution in [1.29, 1.82) is 0 Å². The third-order valence-corrected chi connectivity index (χ3v) is 5.19. The maximum Gasteiger partial charge on any atom is 0.303 e. The van der Waals surface area contributed by atoms with E-state index in [0.717, 1.165) is 19.3 Å². The fraction of sp³-hybridized carbons (Fsp3) is 0.571. The number of sulfonamides is 1. The van der Waals surface area contributed by atoms with E-state index in [1.165, 1.54) is 19.2 Å². The van der Waals surface area contributed by atoms with Crippen LogP contribution in [0.25, 0.3) is 0 Å². The van der Waals surface area contributed by atoms with Crippen molar-refractivity contribution in [2.24, 2.45) is 0 Å². The van der Waals surface area contributed by atoms with Crippen molar-refractivity contribution >= 4 is 21.9 Å². The maximum atomic E-state index is 12.6. The minimum atomic E-state index is -3.74. The van der Waals surface area contributed by atoms with Crippen LogP contribution in [0.1, 0.15) is 42.7 Å². The number of amides is 1. The SMILES string of the molecule is CNS(=O)(=O)c1ccc(C(=O)N2CCCCC2CCC(=O)O)o1. The molecule has 1 amide bonds. The van der Waals surface area contributed by atoms with E-state index >= 15 is 0 Å². The molecule has 1 aromatic heterocycles. The Bertz CT molecular complexity index is 681. The zero-order valence-electron chi connectivity index (χ0n) is 12.8. The number of carboxylic acids is 1. The molecule has 1 aliphatic heterocycles. The van der Waals surface area contributed by atoms with Gasteiger partial charge in [-0.3, -0.25) is 9.59 Å². The Labute approximate surface area is 134 Å². The van der Waals surface area contributed by atoms with E-state index in [2.05, 4.69) is 4.72 Å². The Kier molecular flexibility index (Phi) is 5.42. The second kappa shape index (κ2) is 7.14. The summed E-state index contributed by atoms with van der Waals surface area (Å²) in [7, 11) is -2.49. The number of piperidine rings is 1. The number of hydrogen-bond donors (Lipinski definition) is 2. The van der Waals surface area contributed by atoms with Crippen LogP contribution in [0, 0.1) is 0 Å². The Hall–Kier alpha value is -1.87. The molecular formula is C14H20N2O6S. The number of furan rings is 1. The van der Waals surface area contributed by atoms with E-state index in [4.69, 9.17) is 9.52 Å². The van der Waals surface area contributed by atoms with E-state index in [-0.39, 0.29) is 23.3 Å². The summed E-state index contributed by atoms with van der Waals surface area (Å²) in [6, 6.07) is 2.40. The first-order chi connectivity index (χ1) is 10.8. The largest absolute Gasteiger partial charge is 0.481 e. The van der Waals surface area contributed by atoms with Crippen molar-refractivity contribution < 1.29 is 27.5 Å². The first-order valence-electron chi connectivity index (χ1n) is 7.41. The molecule has 9 heteroatoms. The number of carboxylic acid groups (broad SMARTS) is 1. The van der Waals surface area contributed by atoms with Crippen molar-refractivity contribution in [1.82, 2.24) is 9.62 Å². The molecule has 128 valence electrons. The monoisotopic (exact) mass is 344 g/mol. The quantitative estimate of drug-likeness (QED) is 0.796. The van der Waals surface area contributed by atoms with E-state index in [1.807, 2.05) is 0 Å². The average molecular weight is 344 g/mol. The van der Waals surface area contributed by atoms with Crippen LogP contribution in [0.5, 0.6) is 0 Å². The summed E-state index contributed by atoms with van der Waals surface area (Å²) in [4.78, 5) is 24.9. The normalized spacial score (nSPS) is 18.8. The molecule has 1 unspecified atom stereocenters. The molecule has 2 heterocycles. The van der Waals surface area contributed by atoms with E-state index in [1.54, 1.807) is 4.90 Å². The molecule has 0 radical (unpaired) electrons. The van der Waals surface area contributed by atoms with Crippen LogP contribution in [0.15, 0.2) is 21.6 Å². The van der Waals surface area contributed by atoms with Gasteiger partial charge in [-0.15, -0.1) is 0 Å². The van der Waals surface area contributed by atoms with Crippen molar-refractivity contribution in [3.05, 3.63) is 17.9 Å². The summed E-state index contributed by atoms with van der Waals surface area (Å²) in [5, 5.41) is 8.49. The van der Waals surface area contributed by atoms with Gasteiger partial charge in [0.15, 0.2) is 5.76 Å². The van der Waals surface area contributed by atoms with E-state index in [9.17, 15) is 18.0 Å². The molecule has 1 fully saturated rings. The molecule has 0 saturated carbocycles. The van der Waals surface area contributed by atoms with Gasteiger partial charge in [0.25, 0.3) is 15.9 Å². The minimum absolute atomic E-state index is 0.00795. The second-order valence-corrected chi connectivity index (χ2v) is 7.22. The highest BCUT2D eigenvalue weighted by molar-refractivity contribution is 7.89. The molecule has 23 heavy (non-hydrogen) atoms. The lowest BCUT2D eigenvalue weighted by molar-refractivity contribution is -0.137. The van der Waals surface area contributed by atoms with Gasteiger partial charge in [-0.05, 0) is 44.9 Å². The number of nitrogens with one attached hydrogen (secondary N) is 1. The van der Waals surface area contributed by atoms with Gasteiger partial charge in [0, 0.05) is 19.0 Å². The zero-order valence-corrected chi connectivity index (χ0v) is 13.6. The molecule has 1 atom stereocenters. The van der Waals surface area contributed by atoms with Crippen molar-refractivity contribution in [2.75, 3.05) is 13.6 Å². The van der Waals surface area contributed by atoms with Crippen LogP contribution in [0.2, 0.25) is 0 Å². The molecular weight excluding hydrogens is 324 g/mol. The molecule has 1 saturated heterocycles. The highest BCUT2D eigenvalue weighted by Crippen LogP contribution is 2.24. The van der Waals surface area contributed by atoms with Gasteiger partial charge in [0.1, 0.15) is 0 Å². The average Bonchev–Trinajstić information content (AvgIpc) is 3.03. The highest BCUT2D eigenvalue weighted by Gasteiger charge is 2.30. The fourth-order valence-electron chi connectivity index (χ4n) is 2.68. The summed E-state index contributed by atoms with van der Waals surface area (Å²) >= 11 is 0. The highest BCUT2D eigenvalue weighted by atomic mass is 32.2. The van der Waals surface area contributed by atoms with Crippen LogP contribution in [-0.2, 0) is 14.8 Å². The van der Waals surface area contributed by atoms with Crippen molar-refractivity contribution in [3.63, 3.8) is 0 Å². The molecule has 1 aliphatic rings. The summed E-state index contributed by atoms with van der Waals surface area (Å²) in [6.07, 6.45) is 2.88. The van der Waals surface area contributed by atoms with Gasteiger partial charge in [0.05, 0.1) is 0 Å². The van der Waals surface area contributed by atoms with Gasteiger partial charge in [0.2, 0.25) is 5.09 Å². The van der Waals surface area contributed by atoms with Crippen LogP contribution in [0.3, 0.4) is 0 Å². The molecule has 2 rings (SSSR count). The van der Waals surface area contributed by atoms with E-state index < -0.39 is 21.9 Å². The predicted octanol–water partition coefficient (Wildman–Crippen LogP) is 1.05. The molecule has 0 aromatic carbocycles. The number of carbonyl (C=O) groups excluding carboxylic acids is 1. The Morgan fingerprint density at radius 1 is 1.39 bits per heavy atom. The summed E-state index contributed by atoms with van der Waals surface area (Å²) < 4.78 is 30.6. The molecule has 0 bridgehead atoms. The van der Waals surface area contributed by atoms with Gasteiger partial charge in [-0.2, -0.15) is 0 Å². The third kappa shape index (κ3) is 4.11. The number of carbonyl (C=O) groups is 2. The number of aliphatic carboxylic acids is 1. The Balaban J connectivity index is 2.15. The van der Waals surface area contributed by atoms with Gasteiger partial charge in [-0.1, -0.05) is 0 Å². The number of nitrogens with zero attached hydrogens (tertiary/aromatic N) is 1. The van der Waals surface area contributed by atoms with Crippen LogP contribution in [0.4, 0.5) is 0 Å². The standard InChI is InChI=1S/C14H20N2O6S/c1-15-23(20,21)13-8-6-11(22-13)14(19)16-9-3-2-4-10(16)5-7-12(17)18/h6,8,10,15H,2-5,7,9H2,1H3,(H,17,18). The number of rotatable bonds is 6. The predicted molar refractivity (Wildman–Crippen MR) is 80.5 cm³/mol. The third-order valence-electron chi connectivity index (χ3n) is 3.91. The Morgan fingerprint density at radius 2 is 2.13 bits per heavy atom. The van der Waals surface area contributed by atoms with Crippen LogP contribution >= 0.6 is 0 Å². The molecule has 8 nitrogen and oxygen atoms in total. The molecule has 2 N–H and O–H groups in total. The summed E-state index contributed by atoms with van der Waals surface area (Å²) in [5.74, 6) is -1.36. The molecule has 0 spiro atoms. The molecule has 1 aromatic rings. The second-order valence-electron chi connectivity index (χ2n) is 5.41. The Morgan fingerprint density at radius 3 is 2.78 bits per heavy atom. The summed E-state index contributed by atoms with van der Waals surface area (Å²) in [5.41, 5.74) is 0. The number of likely N-dealkylation sites (tertiary alicyclic amines) is 1. The van der Waals surface area contributed by atoms with Gasteiger partial charge in [-0.25, -0.2) is 13.1 Å². The fourth-order valence-corrected chi connectivity index (χ4v) is 3.33. The topological polar surface area (TPSA) is 117 Å². The lowest BCUT2D eigenvalue weighted by Gasteiger charge is -2.35. The smallest absolute Gasteiger partial charge is 0.303 e.